The summed E-state index contributed by atoms with van der Waals surface area (Å²) in [5.74, 6) is 0. The smallest absolute Gasteiger partial charge is 0.185 e. The van der Waals surface area contributed by atoms with E-state index >= 15 is 0 Å². The molecule has 1 fully saturated rings. The average molecular weight is 267 g/mol. The Morgan fingerprint density at radius 1 is 1.44 bits per heavy atom. The molecule has 102 valence electrons. The van der Waals surface area contributed by atoms with E-state index < -0.39 is 0 Å². The molecule has 1 aromatic rings. The number of nitrogens with one attached hydrogen (secondary N) is 1. The molecule has 4 heteroatoms. The normalized spacial score (nSPS) is 19.2. The van der Waals surface area contributed by atoms with Gasteiger partial charge in [0.15, 0.2) is 5.13 Å². The standard InChI is InChI=1S/C14H25N3S/c1-5-15-9-12-11(2)16-13(18-12)17-8-6-7-14(3,4)10-17/h15H,5-10H2,1-4H3. The fourth-order valence-electron chi connectivity index (χ4n) is 2.54. The Labute approximate surface area is 115 Å². The summed E-state index contributed by atoms with van der Waals surface area (Å²) >= 11 is 1.86. The fourth-order valence-corrected chi connectivity index (χ4v) is 3.59. The lowest BCUT2D eigenvalue weighted by atomic mass is 9.84. The fraction of sp³-hybridized carbons (Fsp3) is 0.786. The first-order chi connectivity index (χ1) is 8.52. The van der Waals surface area contributed by atoms with E-state index in [1.165, 1.54) is 28.5 Å². The van der Waals surface area contributed by atoms with Gasteiger partial charge in [0.25, 0.3) is 0 Å². The summed E-state index contributed by atoms with van der Waals surface area (Å²) in [5, 5.41) is 4.61. The summed E-state index contributed by atoms with van der Waals surface area (Å²) in [6.07, 6.45) is 2.62. The molecule has 1 saturated heterocycles. The second kappa shape index (κ2) is 5.57. The largest absolute Gasteiger partial charge is 0.348 e. The minimum absolute atomic E-state index is 0.430. The molecular weight excluding hydrogens is 242 g/mol. The van der Waals surface area contributed by atoms with Crippen LogP contribution < -0.4 is 10.2 Å². The van der Waals surface area contributed by atoms with Crippen LogP contribution in [0.15, 0.2) is 0 Å². The van der Waals surface area contributed by atoms with Crippen molar-refractivity contribution in [2.45, 2.75) is 47.1 Å². The molecule has 1 aromatic heterocycles. The van der Waals surface area contributed by atoms with Crippen molar-refractivity contribution in [1.82, 2.24) is 10.3 Å². The second-order valence-corrected chi connectivity index (χ2v) is 7.04. The van der Waals surface area contributed by atoms with Crippen molar-refractivity contribution < 1.29 is 0 Å². The molecule has 0 atom stereocenters. The van der Waals surface area contributed by atoms with Crippen molar-refractivity contribution >= 4 is 16.5 Å². The van der Waals surface area contributed by atoms with E-state index in [0.29, 0.717) is 5.41 Å². The quantitative estimate of drug-likeness (QED) is 0.908. The number of anilines is 1. The molecule has 0 spiro atoms. The highest BCUT2D eigenvalue weighted by molar-refractivity contribution is 7.15. The monoisotopic (exact) mass is 267 g/mol. The van der Waals surface area contributed by atoms with Gasteiger partial charge in [0, 0.05) is 24.5 Å². The molecule has 2 heterocycles. The van der Waals surface area contributed by atoms with Gasteiger partial charge >= 0.3 is 0 Å². The summed E-state index contributed by atoms with van der Waals surface area (Å²) in [4.78, 5) is 8.61. The Morgan fingerprint density at radius 2 is 2.22 bits per heavy atom. The zero-order valence-corrected chi connectivity index (χ0v) is 12.9. The minimum Gasteiger partial charge on any atom is -0.348 e. The van der Waals surface area contributed by atoms with Crippen LogP contribution in [-0.2, 0) is 6.54 Å². The molecule has 1 aliphatic heterocycles. The third-order valence-electron chi connectivity index (χ3n) is 3.59. The number of hydrogen-bond donors (Lipinski definition) is 1. The summed E-state index contributed by atoms with van der Waals surface area (Å²) in [6.45, 7) is 13.3. The van der Waals surface area contributed by atoms with Crippen molar-refractivity contribution in [2.75, 3.05) is 24.5 Å². The van der Waals surface area contributed by atoms with Gasteiger partial charge in [-0.1, -0.05) is 20.8 Å². The molecule has 1 aliphatic rings. The molecular formula is C14H25N3S. The first-order valence-electron chi connectivity index (χ1n) is 6.94. The van der Waals surface area contributed by atoms with Crippen LogP contribution in [0, 0.1) is 12.3 Å². The zero-order chi connectivity index (χ0) is 13.2. The predicted molar refractivity (Wildman–Crippen MR) is 79.5 cm³/mol. The highest BCUT2D eigenvalue weighted by atomic mass is 32.1. The summed E-state index contributed by atoms with van der Waals surface area (Å²) in [7, 11) is 0. The third kappa shape index (κ3) is 3.23. The van der Waals surface area contributed by atoms with Crippen LogP contribution in [0.25, 0.3) is 0 Å². The second-order valence-electron chi connectivity index (χ2n) is 5.97. The third-order valence-corrected chi connectivity index (χ3v) is 4.81. The number of hydrogen-bond acceptors (Lipinski definition) is 4. The van der Waals surface area contributed by atoms with Crippen molar-refractivity contribution in [3.8, 4) is 0 Å². The zero-order valence-electron chi connectivity index (χ0n) is 12.0. The van der Waals surface area contributed by atoms with Crippen LogP contribution in [0.2, 0.25) is 0 Å². The van der Waals surface area contributed by atoms with Crippen molar-refractivity contribution in [1.29, 1.82) is 0 Å². The number of aromatic nitrogens is 1. The minimum atomic E-state index is 0.430. The molecule has 0 unspecified atom stereocenters. The Balaban J connectivity index is 2.08. The van der Waals surface area contributed by atoms with Gasteiger partial charge < -0.3 is 10.2 Å². The molecule has 0 aliphatic carbocycles. The molecule has 18 heavy (non-hydrogen) atoms. The Bertz CT molecular complexity index is 398. The Kier molecular flexibility index (Phi) is 4.28. The summed E-state index contributed by atoms with van der Waals surface area (Å²) in [6, 6.07) is 0. The lowest BCUT2D eigenvalue weighted by molar-refractivity contribution is 0.293. The molecule has 2 rings (SSSR count). The molecule has 0 radical (unpaired) electrons. The molecule has 0 bridgehead atoms. The Morgan fingerprint density at radius 3 is 2.89 bits per heavy atom. The van der Waals surface area contributed by atoms with Gasteiger partial charge in [-0.2, -0.15) is 0 Å². The molecule has 0 aromatic carbocycles. The van der Waals surface area contributed by atoms with Crippen molar-refractivity contribution in [2.24, 2.45) is 5.41 Å². The van der Waals surface area contributed by atoms with Crippen molar-refractivity contribution in [3.63, 3.8) is 0 Å². The lowest BCUT2D eigenvalue weighted by Crippen LogP contribution is -2.40. The van der Waals surface area contributed by atoms with Gasteiger partial charge in [-0.25, -0.2) is 4.98 Å². The highest BCUT2D eigenvalue weighted by Gasteiger charge is 2.28. The van der Waals surface area contributed by atoms with E-state index in [-0.39, 0.29) is 0 Å². The van der Waals surface area contributed by atoms with Gasteiger partial charge in [0.1, 0.15) is 0 Å². The van der Waals surface area contributed by atoms with Gasteiger partial charge in [-0.15, -0.1) is 11.3 Å². The van der Waals surface area contributed by atoms with Crippen molar-refractivity contribution in [3.05, 3.63) is 10.6 Å². The Hall–Kier alpha value is -0.610. The maximum Gasteiger partial charge on any atom is 0.185 e. The number of piperidine rings is 1. The lowest BCUT2D eigenvalue weighted by Gasteiger charge is -2.37. The maximum absolute atomic E-state index is 4.76. The number of thiazole rings is 1. The molecule has 0 saturated carbocycles. The van der Waals surface area contributed by atoms with E-state index in [0.717, 1.165) is 26.2 Å². The van der Waals surface area contributed by atoms with Crippen LogP contribution in [0.3, 0.4) is 0 Å². The maximum atomic E-state index is 4.76. The average Bonchev–Trinajstić information content (AvgIpc) is 2.67. The summed E-state index contributed by atoms with van der Waals surface area (Å²) in [5.41, 5.74) is 1.62. The van der Waals surface area contributed by atoms with E-state index in [1.807, 2.05) is 11.3 Å². The van der Waals surface area contributed by atoms with Crippen LogP contribution >= 0.6 is 11.3 Å². The highest BCUT2D eigenvalue weighted by Crippen LogP contribution is 2.34. The predicted octanol–water partition coefficient (Wildman–Crippen LogP) is 3.19. The van der Waals surface area contributed by atoms with E-state index in [2.05, 4.69) is 37.9 Å². The van der Waals surface area contributed by atoms with Gasteiger partial charge in [0.05, 0.1) is 5.69 Å². The van der Waals surface area contributed by atoms with Gasteiger partial charge in [0.2, 0.25) is 0 Å². The van der Waals surface area contributed by atoms with Crippen LogP contribution in [0.1, 0.15) is 44.2 Å². The van der Waals surface area contributed by atoms with Crippen LogP contribution in [-0.4, -0.2) is 24.6 Å². The van der Waals surface area contributed by atoms with Crippen LogP contribution in [0.4, 0.5) is 5.13 Å². The topological polar surface area (TPSA) is 28.2 Å². The SMILES string of the molecule is CCNCc1sc(N2CCCC(C)(C)C2)nc1C. The van der Waals surface area contributed by atoms with Crippen LogP contribution in [0.5, 0.6) is 0 Å². The van der Waals surface area contributed by atoms with Gasteiger partial charge in [-0.05, 0) is 31.7 Å². The summed E-state index contributed by atoms with van der Waals surface area (Å²) < 4.78 is 0. The number of aryl methyl sites for hydroxylation is 1. The number of nitrogens with zero attached hydrogens (tertiary/aromatic N) is 2. The van der Waals surface area contributed by atoms with E-state index in [1.54, 1.807) is 0 Å². The molecule has 1 N–H and O–H groups in total. The number of rotatable bonds is 4. The van der Waals surface area contributed by atoms with Gasteiger partial charge in [-0.3, -0.25) is 0 Å². The first kappa shape index (κ1) is 13.8. The molecule has 0 amide bonds. The van der Waals surface area contributed by atoms with E-state index in [9.17, 15) is 0 Å². The first-order valence-corrected chi connectivity index (χ1v) is 7.75. The molecule has 3 nitrogen and oxygen atoms in total. The van der Waals surface area contributed by atoms with E-state index in [4.69, 9.17) is 4.98 Å².